The Labute approximate surface area is 73.1 Å². The van der Waals surface area contributed by atoms with E-state index in [1.165, 1.54) is 0 Å². The first kappa shape index (κ1) is 8.81. The van der Waals surface area contributed by atoms with E-state index in [1.54, 1.807) is 0 Å². The Kier molecular flexibility index (Phi) is 3.35. The van der Waals surface area contributed by atoms with Gasteiger partial charge in [0.1, 0.15) is 0 Å². The summed E-state index contributed by atoms with van der Waals surface area (Å²) in [5.74, 6) is 0.133. The molecule has 0 spiro atoms. The van der Waals surface area contributed by atoms with Crippen LogP contribution in [0.4, 0.5) is 0 Å². The molecule has 1 atom stereocenters. The van der Waals surface area contributed by atoms with Crippen LogP contribution in [0.3, 0.4) is 0 Å². The predicted octanol–water partition coefficient (Wildman–Crippen LogP) is 2.54. The van der Waals surface area contributed by atoms with E-state index >= 15 is 0 Å². The highest BCUT2D eigenvalue weighted by molar-refractivity contribution is 5.21. The highest BCUT2D eigenvalue weighted by Crippen LogP contribution is 2.20. The summed E-state index contributed by atoms with van der Waals surface area (Å²) in [6.45, 7) is 0. The molecule has 0 heterocycles. The Morgan fingerprint density at radius 1 is 1.33 bits per heavy atom. The molecule has 0 N–H and O–H groups in total. The predicted molar refractivity (Wildman–Crippen MR) is 45.9 cm³/mol. The lowest BCUT2D eigenvalue weighted by molar-refractivity contribution is 0.545. The van der Waals surface area contributed by atoms with Crippen LogP contribution < -0.4 is 0 Å². The molecule has 0 bridgehead atoms. The third-order valence-electron chi connectivity index (χ3n) is 2.22. The summed E-state index contributed by atoms with van der Waals surface area (Å²) in [6.07, 6.45) is 6.71. The van der Waals surface area contributed by atoms with Crippen molar-refractivity contribution < 1.29 is 0 Å². The summed E-state index contributed by atoms with van der Waals surface area (Å²) >= 11 is 0. The van der Waals surface area contributed by atoms with E-state index in [2.05, 4.69) is 12.1 Å². The van der Waals surface area contributed by atoms with E-state index in [0.29, 0.717) is 0 Å². The average molecular weight is 160 g/mol. The zero-order chi connectivity index (χ0) is 8.81. The van der Waals surface area contributed by atoms with Crippen molar-refractivity contribution in [3.8, 4) is 12.1 Å². The third kappa shape index (κ3) is 2.40. The van der Waals surface area contributed by atoms with Crippen molar-refractivity contribution in [3.05, 3.63) is 11.6 Å². The molecular formula is C10H12N2. The van der Waals surface area contributed by atoms with Gasteiger partial charge in [-0.1, -0.05) is 12.5 Å². The first-order valence-electron chi connectivity index (χ1n) is 4.35. The van der Waals surface area contributed by atoms with E-state index in [-0.39, 0.29) is 5.92 Å². The smallest absolute Gasteiger partial charge is 0.0943 e. The third-order valence-corrected chi connectivity index (χ3v) is 2.22. The van der Waals surface area contributed by atoms with Crippen molar-refractivity contribution in [1.82, 2.24) is 0 Å². The van der Waals surface area contributed by atoms with Crippen molar-refractivity contribution in [2.75, 3.05) is 0 Å². The molecule has 0 aromatic heterocycles. The fourth-order valence-electron chi connectivity index (χ4n) is 1.43. The maximum absolute atomic E-state index is 8.70. The molecule has 0 saturated heterocycles. The van der Waals surface area contributed by atoms with Crippen LogP contribution in [0.1, 0.15) is 32.1 Å². The molecule has 1 unspecified atom stereocenters. The van der Waals surface area contributed by atoms with Crippen LogP contribution in [-0.2, 0) is 0 Å². The molecule has 62 valence electrons. The number of nitriles is 2. The van der Waals surface area contributed by atoms with Crippen molar-refractivity contribution in [2.45, 2.75) is 32.1 Å². The zero-order valence-corrected chi connectivity index (χ0v) is 7.08. The van der Waals surface area contributed by atoms with Gasteiger partial charge in [-0.15, -0.1) is 0 Å². The number of hydrogen-bond donors (Lipinski definition) is 0. The second-order valence-electron chi connectivity index (χ2n) is 3.15. The Morgan fingerprint density at radius 2 is 2.17 bits per heavy atom. The fourth-order valence-corrected chi connectivity index (χ4v) is 1.43. The molecule has 0 aromatic carbocycles. The van der Waals surface area contributed by atoms with E-state index in [0.717, 1.165) is 37.7 Å². The minimum Gasteiger partial charge on any atom is -0.198 e. The summed E-state index contributed by atoms with van der Waals surface area (Å²) < 4.78 is 0. The number of hydrogen-bond acceptors (Lipinski definition) is 2. The molecule has 0 radical (unpaired) electrons. The maximum atomic E-state index is 8.70. The number of nitrogens with zero attached hydrogens (tertiary/aromatic N) is 2. The average Bonchev–Trinajstić information content (AvgIpc) is 2.05. The quantitative estimate of drug-likeness (QED) is 0.546. The Balaban J connectivity index is 2.60. The summed E-state index contributed by atoms with van der Waals surface area (Å²) in [7, 11) is 0. The van der Waals surface area contributed by atoms with Gasteiger partial charge in [-0.05, 0) is 25.7 Å². The van der Waals surface area contributed by atoms with Gasteiger partial charge in [0.05, 0.1) is 12.1 Å². The zero-order valence-electron chi connectivity index (χ0n) is 7.08. The molecule has 0 amide bonds. The molecule has 1 aliphatic rings. The minimum absolute atomic E-state index is 0.133. The van der Waals surface area contributed by atoms with Gasteiger partial charge in [0.25, 0.3) is 0 Å². The van der Waals surface area contributed by atoms with Crippen LogP contribution in [0.15, 0.2) is 11.6 Å². The van der Waals surface area contributed by atoms with E-state index in [9.17, 15) is 0 Å². The van der Waals surface area contributed by atoms with Crippen molar-refractivity contribution in [2.24, 2.45) is 5.92 Å². The molecule has 0 saturated carbocycles. The van der Waals surface area contributed by atoms with E-state index in [4.69, 9.17) is 10.5 Å². The number of rotatable bonds is 0. The summed E-state index contributed by atoms with van der Waals surface area (Å²) in [5, 5.41) is 17.4. The van der Waals surface area contributed by atoms with Gasteiger partial charge >= 0.3 is 0 Å². The summed E-state index contributed by atoms with van der Waals surface area (Å²) in [5.41, 5.74) is 0.856. The largest absolute Gasteiger partial charge is 0.198 e. The van der Waals surface area contributed by atoms with Crippen LogP contribution in [0, 0.1) is 28.6 Å². The second kappa shape index (κ2) is 4.57. The lowest BCUT2D eigenvalue weighted by atomic mass is 9.93. The lowest BCUT2D eigenvalue weighted by Crippen LogP contribution is -1.99. The maximum Gasteiger partial charge on any atom is 0.0943 e. The monoisotopic (exact) mass is 160 g/mol. The summed E-state index contributed by atoms with van der Waals surface area (Å²) in [4.78, 5) is 0. The normalized spacial score (nSPS) is 24.2. The van der Waals surface area contributed by atoms with E-state index < -0.39 is 0 Å². The second-order valence-corrected chi connectivity index (χ2v) is 3.15. The minimum atomic E-state index is 0.133. The molecule has 2 heteroatoms. The lowest BCUT2D eigenvalue weighted by Gasteiger charge is -2.09. The van der Waals surface area contributed by atoms with Crippen LogP contribution >= 0.6 is 0 Å². The highest BCUT2D eigenvalue weighted by Gasteiger charge is 2.09. The summed E-state index contributed by atoms with van der Waals surface area (Å²) in [6, 6.07) is 4.43. The Morgan fingerprint density at radius 3 is 2.83 bits per heavy atom. The topological polar surface area (TPSA) is 47.6 Å². The van der Waals surface area contributed by atoms with Crippen molar-refractivity contribution >= 4 is 0 Å². The van der Waals surface area contributed by atoms with Gasteiger partial charge in [0, 0.05) is 11.5 Å². The van der Waals surface area contributed by atoms with Crippen molar-refractivity contribution in [3.63, 3.8) is 0 Å². The van der Waals surface area contributed by atoms with Gasteiger partial charge in [0.15, 0.2) is 0 Å². The first-order chi connectivity index (χ1) is 5.86. The molecular weight excluding hydrogens is 148 g/mol. The Hall–Kier alpha value is -1.28. The van der Waals surface area contributed by atoms with Crippen LogP contribution in [0.25, 0.3) is 0 Å². The fraction of sp³-hybridized carbons (Fsp3) is 0.600. The molecule has 12 heavy (non-hydrogen) atoms. The standard InChI is InChI=1S/C10H12N2/c11-7-9-3-1-2-4-10(8-12)6-5-9/h5,10H,1-4,6H2. The molecule has 1 aliphatic carbocycles. The van der Waals surface area contributed by atoms with Gasteiger partial charge < -0.3 is 0 Å². The molecule has 0 aliphatic heterocycles. The van der Waals surface area contributed by atoms with Gasteiger partial charge in [-0.2, -0.15) is 10.5 Å². The van der Waals surface area contributed by atoms with Crippen LogP contribution in [0.2, 0.25) is 0 Å². The van der Waals surface area contributed by atoms with Crippen LogP contribution in [0.5, 0.6) is 0 Å². The number of allylic oxidation sites excluding steroid dienone is 2. The highest BCUT2D eigenvalue weighted by atomic mass is 14.3. The van der Waals surface area contributed by atoms with Gasteiger partial charge in [-0.25, -0.2) is 0 Å². The Bertz CT molecular complexity index is 252. The van der Waals surface area contributed by atoms with Crippen LogP contribution in [-0.4, -0.2) is 0 Å². The van der Waals surface area contributed by atoms with Crippen molar-refractivity contribution in [1.29, 1.82) is 10.5 Å². The SMILES string of the molecule is N#CC1=CCC(C#N)CCCC1. The molecule has 0 aromatic rings. The molecule has 0 fully saturated rings. The molecule has 1 rings (SSSR count). The molecule has 2 nitrogen and oxygen atoms in total. The first-order valence-corrected chi connectivity index (χ1v) is 4.35. The van der Waals surface area contributed by atoms with E-state index in [1.807, 2.05) is 6.08 Å². The van der Waals surface area contributed by atoms with Gasteiger partial charge in [0.2, 0.25) is 0 Å². The van der Waals surface area contributed by atoms with Gasteiger partial charge in [-0.3, -0.25) is 0 Å².